The number of nitrogens with zero attached hydrogens (tertiary/aromatic N) is 4. The van der Waals surface area contributed by atoms with Crippen LogP contribution in [0.15, 0.2) is 53.6 Å². The number of carbonyl (C=O) groups is 1. The zero-order valence-electron chi connectivity index (χ0n) is 14.6. The maximum absolute atomic E-state index is 12.0. The Hall–Kier alpha value is -3.23. The third-order valence-electron chi connectivity index (χ3n) is 4.04. The fourth-order valence-corrected chi connectivity index (χ4v) is 3.39. The second kappa shape index (κ2) is 7.41. The number of halogens is 1. The van der Waals surface area contributed by atoms with Gasteiger partial charge in [0.15, 0.2) is 0 Å². The Kier molecular flexibility index (Phi) is 4.81. The van der Waals surface area contributed by atoms with E-state index >= 15 is 0 Å². The fourth-order valence-electron chi connectivity index (χ4n) is 2.68. The summed E-state index contributed by atoms with van der Waals surface area (Å²) in [6.07, 6.45) is 3.43. The van der Waals surface area contributed by atoms with Gasteiger partial charge in [-0.25, -0.2) is 15.0 Å². The minimum absolute atomic E-state index is 0.104. The summed E-state index contributed by atoms with van der Waals surface area (Å²) in [5, 5.41) is 15.0. The summed E-state index contributed by atoms with van der Waals surface area (Å²) in [6, 6.07) is 8.33. The van der Waals surface area contributed by atoms with E-state index in [1.807, 2.05) is 17.7 Å². The van der Waals surface area contributed by atoms with Crippen LogP contribution < -0.4 is 5.32 Å². The summed E-state index contributed by atoms with van der Waals surface area (Å²) in [5.74, 6) is 0.882. The van der Waals surface area contributed by atoms with Gasteiger partial charge in [-0.15, -0.1) is 11.3 Å². The van der Waals surface area contributed by atoms with Crippen LogP contribution in [0.2, 0.25) is 5.02 Å². The van der Waals surface area contributed by atoms with Gasteiger partial charge in [0.1, 0.15) is 23.1 Å². The van der Waals surface area contributed by atoms with Crippen molar-refractivity contribution in [2.45, 2.75) is 0 Å². The second-order valence-electron chi connectivity index (χ2n) is 5.98. The van der Waals surface area contributed by atoms with E-state index in [4.69, 9.17) is 11.6 Å². The van der Waals surface area contributed by atoms with Gasteiger partial charge >= 0.3 is 0 Å². The molecule has 0 spiro atoms. The Labute approximate surface area is 169 Å². The highest BCUT2D eigenvalue weighted by Crippen LogP contribution is 2.32. The first-order valence-electron chi connectivity index (χ1n) is 8.19. The number of thiazole rings is 1. The van der Waals surface area contributed by atoms with Gasteiger partial charge < -0.3 is 15.0 Å². The Bertz CT molecular complexity index is 1140. The van der Waals surface area contributed by atoms with Crippen molar-refractivity contribution in [2.24, 2.45) is 7.05 Å². The number of carbonyl (C=O) groups excluding carboxylic acids is 1. The normalized spacial score (nSPS) is 10.8. The number of pyridine rings is 1. The van der Waals surface area contributed by atoms with Crippen LogP contribution in [0.5, 0.6) is 5.75 Å². The van der Waals surface area contributed by atoms with Crippen LogP contribution in [0.4, 0.5) is 5.82 Å². The van der Waals surface area contributed by atoms with E-state index in [-0.39, 0.29) is 11.7 Å². The smallest absolute Gasteiger partial charge is 0.276 e. The van der Waals surface area contributed by atoms with Crippen LogP contribution in [-0.2, 0) is 7.05 Å². The van der Waals surface area contributed by atoms with Crippen molar-refractivity contribution in [2.75, 3.05) is 5.32 Å². The van der Waals surface area contributed by atoms with Gasteiger partial charge in [-0.2, -0.15) is 0 Å². The third kappa shape index (κ3) is 3.60. The number of aromatic hydroxyl groups is 1. The highest BCUT2D eigenvalue weighted by Gasteiger charge is 2.14. The predicted molar refractivity (Wildman–Crippen MR) is 109 cm³/mol. The molecule has 4 rings (SSSR count). The van der Waals surface area contributed by atoms with Gasteiger partial charge in [-0.1, -0.05) is 11.6 Å². The summed E-state index contributed by atoms with van der Waals surface area (Å²) >= 11 is 7.38. The van der Waals surface area contributed by atoms with Gasteiger partial charge in [0, 0.05) is 41.0 Å². The number of anilines is 1. The monoisotopic (exact) mass is 411 g/mol. The summed E-state index contributed by atoms with van der Waals surface area (Å²) in [5.41, 5.74) is 3.86. The highest BCUT2D eigenvalue weighted by atomic mass is 35.5. The first-order chi connectivity index (χ1) is 13.5. The fraction of sp³-hybridized carbons (Fsp3) is 0.0526. The van der Waals surface area contributed by atoms with Crippen LogP contribution in [-0.4, -0.2) is 30.5 Å². The van der Waals surface area contributed by atoms with Gasteiger partial charge in [0.05, 0.1) is 11.2 Å². The molecule has 0 saturated heterocycles. The Balaban J connectivity index is 1.59. The van der Waals surface area contributed by atoms with E-state index in [0.717, 1.165) is 5.56 Å². The number of phenolic OH excluding ortho intramolecular Hbond substituents is 1. The predicted octanol–water partition coefficient (Wildman–Crippen LogP) is 4.22. The average molecular weight is 412 g/mol. The quantitative estimate of drug-likeness (QED) is 0.524. The van der Waals surface area contributed by atoms with Crippen molar-refractivity contribution >= 4 is 34.7 Å². The third-order valence-corrected chi connectivity index (χ3v) is 4.86. The summed E-state index contributed by atoms with van der Waals surface area (Å²) < 4.78 is 1.83. The number of aryl methyl sites for hydroxylation is 1. The zero-order chi connectivity index (χ0) is 19.7. The molecule has 1 amide bonds. The maximum Gasteiger partial charge on any atom is 0.276 e. The van der Waals surface area contributed by atoms with Gasteiger partial charge in [-0.05, 0) is 30.3 Å². The van der Waals surface area contributed by atoms with E-state index in [9.17, 15) is 9.90 Å². The number of imidazole rings is 1. The SMILES string of the molecule is Cn1cc(-c2cc(Cl)ccc2O)nc1-c1ccc(NC(=O)c2cscn2)nc1. The first kappa shape index (κ1) is 18.1. The number of rotatable bonds is 4. The molecule has 3 aromatic heterocycles. The zero-order valence-corrected chi connectivity index (χ0v) is 16.2. The molecule has 0 atom stereocenters. The Morgan fingerprint density at radius 1 is 1.25 bits per heavy atom. The molecule has 0 radical (unpaired) electrons. The largest absolute Gasteiger partial charge is 0.507 e. The van der Waals surface area contributed by atoms with Crippen molar-refractivity contribution in [3.8, 4) is 28.4 Å². The molecule has 3 heterocycles. The van der Waals surface area contributed by atoms with Crippen molar-refractivity contribution in [1.82, 2.24) is 19.5 Å². The molecule has 28 heavy (non-hydrogen) atoms. The Morgan fingerprint density at radius 2 is 2.11 bits per heavy atom. The lowest BCUT2D eigenvalue weighted by atomic mass is 10.1. The van der Waals surface area contributed by atoms with E-state index in [1.165, 1.54) is 17.4 Å². The van der Waals surface area contributed by atoms with Crippen molar-refractivity contribution in [3.05, 3.63) is 64.3 Å². The molecule has 7 nitrogen and oxygen atoms in total. The number of benzene rings is 1. The highest BCUT2D eigenvalue weighted by molar-refractivity contribution is 7.07. The van der Waals surface area contributed by atoms with Crippen LogP contribution in [0.1, 0.15) is 10.5 Å². The number of hydrogen-bond donors (Lipinski definition) is 2. The van der Waals surface area contributed by atoms with Gasteiger partial charge in [0.25, 0.3) is 5.91 Å². The molecule has 140 valence electrons. The second-order valence-corrected chi connectivity index (χ2v) is 7.14. The average Bonchev–Trinajstić information content (AvgIpc) is 3.34. The van der Waals surface area contributed by atoms with Crippen LogP contribution in [0.3, 0.4) is 0 Å². The number of hydrogen-bond acceptors (Lipinski definition) is 6. The lowest BCUT2D eigenvalue weighted by Gasteiger charge is -2.04. The minimum atomic E-state index is -0.308. The molecule has 0 bridgehead atoms. The summed E-state index contributed by atoms with van der Waals surface area (Å²) in [6.45, 7) is 0. The standard InChI is InChI=1S/C19H14ClN5O2S/c1-25-8-14(13-6-12(20)3-4-16(13)26)23-18(25)11-2-5-17(21-7-11)24-19(27)15-9-28-10-22-15/h2-10,26H,1H3,(H,21,24,27). The Morgan fingerprint density at radius 3 is 2.82 bits per heavy atom. The van der Waals surface area contributed by atoms with E-state index in [2.05, 4.69) is 20.3 Å². The molecule has 1 aromatic carbocycles. The first-order valence-corrected chi connectivity index (χ1v) is 9.51. The number of amides is 1. The molecule has 0 aliphatic rings. The molecule has 9 heteroatoms. The van der Waals surface area contributed by atoms with Gasteiger partial charge in [0.2, 0.25) is 0 Å². The molecule has 0 saturated carbocycles. The lowest BCUT2D eigenvalue weighted by molar-refractivity contribution is 0.102. The van der Waals surface area contributed by atoms with E-state index in [0.29, 0.717) is 33.6 Å². The van der Waals surface area contributed by atoms with Crippen LogP contribution >= 0.6 is 22.9 Å². The molecule has 0 unspecified atom stereocenters. The topological polar surface area (TPSA) is 92.9 Å². The van der Waals surface area contributed by atoms with Crippen LogP contribution in [0.25, 0.3) is 22.6 Å². The maximum atomic E-state index is 12.0. The molecule has 2 N–H and O–H groups in total. The molecular weight excluding hydrogens is 398 g/mol. The van der Waals surface area contributed by atoms with Crippen molar-refractivity contribution < 1.29 is 9.90 Å². The number of phenols is 1. The van der Waals surface area contributed by atoms with E-state index in [1.54, 1.807) is 41.5 Å². The molecule has 0 aliphatic heterocycles. The number of nitrogens with one attached hydrogen (secondary N) is 1. The summed E-state index contributed by atoms with van der Waals surface area (Å²) in [7, 11) is 1.85. The van der Waals surface area contributed by atoms with E-state index < -0.39 is 0 Å². The van der Waals surface area contributed by atoms with Crippen LogP contribution in [0, 0.1) is 0 Å². The van der Waals surface area contributed by atoms with Gasteiger partial charge in [-0.3, -0.25) is 4.79 Å². The van der Waals surface area contributed by atoms with Crippen molar-refractivity contribution in [1.29, 1.82) is 0 Å². The number of aromatic nitrogens is 4. The molecule has 0 aliphatic carbocycles. The molecule has 4 aromatic rings. The molecule has 0 fully saturated rings. The van der Waals surface area contributed by atoms with Crippen molar-refractivity contribution in [3.63, 3.8) is 0 Å². The summed E-state index contributed by atoms with van der Waals surface area (Å²) in [4.78, 5) is 24.9. The lowest BCUT2D eigenvalue weighted by Crippen LogP contribution is -2.13. The minimum Gasteiger partial charge on any atom is -0.507 e. The molecular formula is C19H14ClN5O2S.